The molecule has 0 saturated carbocycles. The maximum absolute atomic E-state index is 10.2. The molecule has 1 aromatic rings. The van der Waals surface area contributed by atoms with Crippen LogP contribution in [0.25, 0.3) is 0 Å². The summed E-state index contributed by atoms with van der Waals surface area (Å²) in [6.07, 6.45) is 0.924. The summed E-state index contributed by atoms with van der Waals surface area (Å²) < 4.78 is 1.82. The molecule has 0 aliphatic heterocycles. The van der Waals surface area contributed by atoms with Crippen LogP contribution >= 0.6 is 24.4 Å². The van der Waals surface area contributed by atoms with Gasteiger partial charge in [-0.15, -0.1) is 0 Å². The second-order valence-corrected chi connectivity index (χ2v) is 6.45. The van der Waals surface area contributed by atoms with E-state index in [2.05, 4.69) is 24.8 Å². The van der Waals surface area contributed by atoms with Gasteiger partial charge in [0.05, 0.1) is 0 Å². The van der Waals surface area contributed by atoms with Gasteiger partial charge in [0.15, 0.2) is 0 Å². The van der Waals surface area contributed by atoms with Crippen molar-refractivity contribution in [3.8, 4) is 0 Å². The molecule has 0 unspecified atom stereocenters. The zero-order valence-corrected chi connectivity index (χ0v) is 13.0. The minimum atomic E-state index is -0.481. The number of thiol groups is 1. The van der Waals surface area contributed by atoms with E-state index in [1.165, 1.54) is 17.0 Å². The second-order valence-electron chi connectivity index (χ2n) is 2.97. The molecule has 1 aromatic carbocycles. The average Bonchev–Trinajstić information content (AvgIpc) is 2.15. The Bertz CT molecular complexity index is 395. The van der Waals surface area contributed by atoms with Crippen LogP contribution in [0.1, 0.15) is 5.56 Å². The summed E-state index contributed by atoms with van der Waals surface area (Å²) in [4.78, 5) is 9.68. The fourth-order valence-corrected chi connectivity index (χ4v) is 3.36. The molecule has 0 amide bonds. The molecule has 0 fully saturated rings. The van der Waals surface area contributed by atoms with Crippen LogP contribution in [-0.2, 0) is 5.75 Å². The SMILES string of the molecule is O=[N+]([O-])C=C(S)SCc1cccc[c]1[K]. The Morgan fingerprint density at radius 2 is 2.27 bits per heavy atom. The zero-order valence-electron chi connectivity index (χ0n) is 8.21. The summed E-state index contributed by atoms with van der Waals surface area (Å²) >= 11 is 6.05. The van der Waals surface area contributed by atoms with Gasteiger partial charge in [0.25, 0.3) is 0 Å². The first-order valence-corrected chi connectivity index (χ1v) is 7.30. The molecule has 0 saturated heterocycles. The Hall–Kier alpha value is 0.696. The first-order chi connectivity index (χ1) is 7.09. The Morgan fingerprint density at radius 1 is 1.60 bits per heavy atom. The van der Waals surface area contributed by atoms with Gasteiger partial charge in [0.1, 0.15) is 0 Å². The molecule has 3 nitrogen and oxygen atoms in total. The van der Waals surface area contributed by atoms with Crippen LogP contribution in [0.5, 0.6) is 0 Å². The number of nitro groups is 1. The predicted molar refractivity (Wildman–Crippen MR) is 67.2 cm³/mol. The van der Waals surface area contributed by atoms with E-state index in [4.69, 9.17) is 0 Å². The van der Waals surface area contributed by atoms with Gasteiger partial charge >= 0.3 is 134 Å². The van der Waals surface area contributed by atoms with E-state index in [9.17, 15) is 10.1 Å². The fraction of sp³-hybridized carbons (Fsp3) is 0.111. The summed E-state index contributed by atoms with van der Waals surface area (Å²) in [5, 5.41) is 10.2. The van der Waals surface area contributed by atoms with Gasteiger partial charge in [-0.3, -0.25) is 0 Å². The number of rotatable bonds is 4. The molecule has 0 spiro atoms. The van der Waals surface area contributed by atoms with Crippen molar-refractivity contribution in [1.82, 2.24) is 0 Å². The van der Waals surface area contributed by atoms with E-state index in [1.54, 1.807) is 0 Å². The van der Waals surface area contributed by atoms with E-state index >= 15 is 0 Å². The standard InChI is InChI=1S/C9H8NO2S2.K/c11-10(12)6-9(13)14-7-8-4-2-1-3-5-8;/h1-4,6,13H,7H2;. The summed E-state index contributed by atoms with van der Waals surface area (Å²) in [5.41, 5.74) is 1.26. The number of hydrogen-bond acceptors (Lipinski definition) is 4. The molecule has 74 valence electrons. The van der Waals surface area contributed by atoms with Crippen molar-refractivity contribution in [2.75, 3.05) is 0 Å². The first kappa shape index (κ1) is 13.8. The Kier molecular flexibility index (Phi) is 6.52. The van der Waals surface area contributed by atoms with Crippen LogP contribution in [0.4, 0.5) is 0 Å². The van der Waals surface area contributed by atoms with Crippen molar-refractivity contribution >= 4 is 73.0 Å². The fourth-order valence-electron chi connectivity index (χ4n) is 1.05. The van der Waals surface area contributed by atoms with E-state index in [1.807, 2.05) is 12.1 Å². The average molecular weight is 265 g/mol. The molecule has 0 heterocycles. The molecular weight excluding hydrogens is 257 g/mol. The molecular formula is C9H8KNO2S2. The van der Waals surface area contributed by atoms with E-state index in [0.717, 1.165) is 12.0 Å². The summed E-state index contributed by atoms with van der Waals surface area (Å²) in [6.45, 7) is 0. The van der Waals surface area contributed by atoms with Crippen LogP contribution in [0, 0.1) is 10.1 Å². The second kappa shape index (κ2) is 7.11. The monoisotopic (exact) mass is 265 g/mol. The number of nitrogens with zero attached hydrogens (tertiary/aromatic N) is 1. The number of hydrogen-bond donors (Lipinski definition) is 1. The Morgan fingerprint density at radius 3 is 2.87 bits per heavy atom. The van der Waals surface area contributed by atoms with Gasteiger partial charge in [-0.05, 0) is 0 Å². The van der Waals surface area contributed by atoms with Crippen molar-refractivity contribution in [3.05, 3.63) is 50.4 Å². The van der Waals surface area contributed by atoms with Crippen molar-refractivity contribution < 1.29 is 4.92 Å². The van der Waals surface area contributed by atoms with E-state index in [-0.39, 0.29) is 0 Å². The molecule has 0 N–H and O–H groups in total. The van der Waals surface area contributed by atoms with Crippen LogP contribution in [0.3, 0.4) is 0 Å². The third kappa shape index (κ3) is 5.53. The summed E-state index contributed by atoms with van der Waals surface area (Å²) in [6, 6.07) is 8.16. The predicted octanol–water partition coefficient (Wildman–Crippen LogP) is 1.72. The van der Waals surface area contributed by atoms with Crippen LogP contribution < -0.4 is -0.342 Å². The first-order valence-electron chi connectivity index (χ1n) is 4.31. The third-order valence-electron chi connectivity index (χ3n) is 1.85. The number of benzene rings is 1. The number of thioether (sulfide) groups is 1. The van der Waals surface area contributed by atoms with Gasteiger partial charge in [0, 0.05) is 0 Å². The van der Waals surface area contributed by atoms with Crippen molar-refractivity contribution in [3.63, 3.8) is 0 Å². The van der Waals surface area contributed by atoms with Gasteiger partial charge in [-0.1, -0.05) is 0 Å². The van der Waals surface area contributed by atoms with Gasteiger partial charge in [-0.25, -0.2) is 0 Å². The van der Waals surface area contributed by atoms with Crippen molar-refractivity contribution in [2.45, 2.75) is 5.75 Å². The molecule has 0 bridgehead atoms. The maximum atomic E-state index is 10.2. The third-order valence-corrected chi connectivity index (χ3v) is 4.74. The topological polar surface area (TPSA) is 43.1 Å². The molecule has 0 radical (unpaired) electrons. The molecule has 15 heavy (non-hydrogen) atoms. The van der Waals surface area contributed by atoms with Crippen LogP contribution in [-0.4, -0.2) is 53.9 Å². The Labute approximate surface area is 132 Å². The quantitative estimate of drug-likeness (QED) is 0.390. The molecule has 0 aromatic heterocycles. The molecule has 1 rings (SSSR count). The van der Waals surface area contributed by atoms with Gasteiger partial charge in [-0.2, -0.15) is 0 Å². The zero-order chi connectivity index (χ0) is 11.3. The van der Waals surface area contributed by atoms with E-state index < -0.39 is 4.92 Å². The van der Waals surface area contributed by atoms with Gasteiger partial charge in [0.2, 0.25) is 0 Å². The normalized spacial score (nSPS) is 11.5. The molecule has 0 aliphatic carbocycles. The minimum absolute atomic E-state index is 0.441. The van der Waals surface area contributed by atoms with Crippen molar-refractivity contribution in [2.24, 2.45) is 0 Å². The van der Waals surface area contributed by atoms with Crippen LogP contribution in [0.2, 0.25) is 0 Å². The van der Waals surface area contributed by atoms with Gasteiger partial charge < -0.3 is 0 Å². The summed E-state index contributed by atoms with van der Waals surface area (Å²) in [7, 11) is 0. The van der Waals surface area contributed by atoms with Crippen LogP contribution in [0.15, 0.2) is 34.7 Å². The molecule has 0 atom stereocenters. The Balaban J connectivity index is 2.58. The molecule has 0 aliphatic rings. The summed E-state index contributed by atoms with van der Waals surface area (Å²) in [5.74, 6) is 0.751. The van der Waals surface area contributed by atoms with E-state index in [0.29, 0.717) is 53.2 Å². The van der Waals surface area contributed by atoms with Crippen molar-refractivity contribution in [1.29, 1.82) is 0 Å². The molecule has 6 heteroatoms.